The predicted octanol–water partition coefficient (Wildman–Crippen LogP) is 1.41. The summed E-state index contributed by atoms with van der Waals surface area (Å²) < 4.78 is 1.63. The Hall–Kier alpha value is -2.15. The number of rotatable bonds is 1. The first-order valence-electron chi connectivity index (χ1n) is 4.10. The lowest BCUT2D eigenvalue weighted by Gasteiger charge is -1.97. The van der Waals surface area contributed by atoms with Gasteiger partial charge in [0.1, 0.15) is 17.4 Å². The third-order valence-electron chi connectivity index (χ3n) is 2.00. The summed E-state index contributed by atoms with van der Waals surface area (Å²) in [5.74, 6) is -0.0624. The summed E-state index contributed by atoms with van der Waals surface area (Å²) in [5.41, 5.74) is 1.68. The van der Waals surface area contributed by atoms with Gasteiger partial charge in [-0.05, 0) is 12.1 Å². The summed E-state index contributed by atoms with van der Waals surface area (Å²) in [5, 5.41) is 8.70. The van der Waals surface area contributed by atoms with Crippen molar-refractivity contribution >= 4 is 11.4 Å². The number of ketones is 1. The molecule has 0 amide bonds. The number of imidazole rings is 1. The van der Waals surface area contributed by atoms with Gasteiger partial charge >= 0.3 is 0 Å². The Balaban J connectivity index is 2.77. The second-order valence-electron chi connectivity index (χ2n) is 2.96. The van der Waals surface area contributed by atoms with Crippen LogP contribution in [0.5, 0.6) is 0 Å². The summed E-state index contributed by atoms with van der Waals surface area (Å²) in [6, 6.07) is 5.40. The molecule has 0 saturated heterocycles. The Morgan fingerprint density at radius 2 is 2.36 bits per heavy atom. The number of carbonyl (C=O) groups excluding carboxylic acids is 1. The maximum Gasteiger partial charge on any atom is 0.178 e. The molecule has 0 N–H and O–H groups in total. The van der Waals surface area contributed by atoms with E-state index in [0.29, 0.717) is 16.9 Å². The van der Waals surface area contributed by atoms with E-state index in [0.717, 1.165) is 0 Å². The third-order valence-corrected chi connectivity index (χ3v) is 2.00. The largest absolute Gasteiger partial charge is 0.296 e. The lowest BCUT2D eigenvalue weighted by molar-refractivity contribution is 0.101. The van der Waals surface area contributed by atoms with E-state index >= 15 is 0 Å². The number of aromatic nitrogens is 2. The van der Waals surface area contributed by atoms with Crippen LogP contribution in [-0.4, -0.2) is 15.2 Å². The smallest absolute Gasteiger partial charge is 0.178 e. The fraction of sp³-hybridized carbons (Fsp3) is 0.100. The zero-order valence-corrected chi connectivity index (χ0v) is 7.56. The van der Waals surface area contributed by atoms with Crippen molar-refractivity contribution in [2.24, 2.45) is 0 Å². The first-order valence-corrected chi connectivity index (χ1v) is 4.10. The van der Waals surface area contributed by atoms with Crippen LogP contribution in [0.15, 0.2) is 24.5 Å². The molecule has 0 aliphatic rings. The Bertz CT molecular complexity index is 548. The van der Waals surface area contributed by atoms with Gasteiger partial charge in [0.25, 0.3) is 0 Å². The van der Waals surface area contributed by atoms with Crippen LogP contribution in [0, 0.1) is 11.3 Å². The number of pyridine rings is 1. The monoisotopic (exact) mass is 185 g/mol. The van der Waals surface area contributed by atoms with E-state index in [9.17, 15) is 4.79 Å². The maximum atomic E-state index is 11.2. The van der Waals surface area contributed by atoms with Gasteiger partial charge in [0.15, 0.2) is 5.78 Å². The normalized spacial score (nSPS) is 10.0. The van der Waals surface area contributed by atoms with Gasteiger partial charge in [-0.2, -0.15) is 5.26 Å². The highest BCUT2D eigenvalue weighted by Crippen LogP contribution is 2.08. The molecule has 2 aromatic heterocycles. The summed E-state index contributed by atoms with van der Waals surface area (Å²) in [7, 11) is 0. The van der Waals surface area contributed by atoms with E-state index in [1.165, 1.54) is 13.1 Å². The van der Waals surface area contributed by atoms with Crippen LogP contribution in [-0.2, 0) is 0 Å². The Kier molecular flexibility index (Phi) is 1.79. The summed E-state index contributed by atoms with van der Waals surface area (Å²) >= 11 is 0. The van der Waals surface area contributed by atoms with Gasteiger partial charge in [-0.15, -0.1) is 0 Å². The molecule has 0 saturated carbocycles. The van der Waals surface area contributed by atoms with Crippen LogP contribution in [0.2, 0.25) is 0 Å². The maximum absolute atomic E-state index is 11.2. The molecule has 2 aromatic rings. The van der Waals surface area contributed by atoms with E-state index < -0.39 is 0 Å². The highest BCUT2D eigenvalue weighted by molar-refractivity contribution is 5.93. The Labute approximate surface area is 80.4 Å². The second kappa shape index (κ2) is 2.96. The fourth-order valence-electron chi connectivity index (χ4n) is 1.31. The highest BCUT2D eigenvalue weighted by Gasteiger charge is 2.07. The summed E-state index contributed by atoms with van der Waals surface area (Å²) in [4.78, 5) is 15.2. The molecule has 0 radical (unpaired) electrons. The van der Waals surface area contributed by atoms with E-state index in [1.807, 2.05) is 6.07 Å². The SMILES string of the molecule is CC(=O)c1cnc2ccc(C#N)cn12. The van der Waals surface area contributed by atoms with Crippen LogP contribution in [0.3, 0.4) is 0 Å². The van der Waals surface area contributed by atoms with Gasteiger partial charge in [-0.3, -0.25) is 9.20 Å². The van der Waals surface area contributed by atoms with Crippen LogP contribution in [0.4, 0.5) is 0 Å². The van der Waals surface area contributed by atoms with E-state index in [-0.39, 0.29) is 5.78 Å². The molecule has 4 heteroatoms. The molecule has 2 heterocycles. The molecule has 68 valence electrons. The molecule has 2 rings (SSSR count). The zero-order chi connectivity index (χ0) is 10.1. The van der Waals surface area contributed by atoms with E-state index in [2.05, 4.69) is 4.98 Å². The summed E-state index contributed by atoms with van der Waals surface area (Å²) in [6.07, 6.45) is 3.12. The lowest BCUT2D eigenvalue weighted by atomic mass is 10.3. The topological polar surface area (TPSA) is 58.2 Å². The van der Waals surface area contributed by atoms with Crippen LogP contribution in [0.25, 0.3) is 5.65 Å². The Morgan fingerprint density at radius 3 is 3.00 bits per heavy atom. The summed E-state index contributed by atoms with van der Waals surface area (Å²) in [6.45, 7) is 1.47. The molecule has 0 unspecified atom stereocenters. The first-order chi connectivity index (χ1) is 6.72. The molecule has 0 aliphatic heterocycles. The Morgan fingerprint density at radius 1 is 1.57 bits per heavy atom. The predicted molar refractivity (Wildman–Crippen MR) is 49.9 cm³/mol. The van der Waals surface area contributed by atoms with Gasteiger partial charge in [-0.1, -0.05) is 0 Å². The molecule has 0 aromatic carbocycles. The molecule has 14 heavy (non-hydrogen) atoms. The average molecular weight is 185 g/mol. The molecule has 0 aliphatic carbocycles. The molecule has 0 spiro atoms. The molecular formula is C10H7N3O. The number of hydrogen-bond acceptors (Lipinski definition) is 3. The molecule has 0 atom stereocenters. The van der Waals surface area contributed by atoms with Gasteiger partial charge in [0.2, 0.25) is 0 Å². The number of nitriles is 1. The van der Waals surface area contributed by atoms with Crippen molar-refractivity contribution in [2.45, 2.75) is 6.92 Å². The van der Waals surface area contributed by atoms with Gasteiger partial charge in [-0.25, -0.2) is 4.98 Å². The first kappa shape index (κ1) is 8.45. The zero-order valence-electron chi connectivity index (χ0n) is 7.56. The van der Waals surface area contributed by atoms with Crippen molar-refractivity contribution in [1.29, 1.82) is 5.26 Å². The number of hydrogen-bond donors (Lipinski definition) is 0. The third kappa shape index (κ3) is 1.15. The van der Waals surface area contributed by atoms with Crippen molar-refractivity contribution < 1.29 is 4.79 Å². The highest BCUT2D eigenvalue weighted by atomic mass is 16.1. The van der Waals surface area contributed by atoms with Crippen molar-refractivity contribution in [1.82, 2.24) is 9.38 Å². The van der Waals surface area contributed by atoms with Crippen LogP contribution >= 0.6 is 0 Å². The average Bonchev–Trinajstić information content (AvgIpc) is 2.59. The minimum absolute atomic E-state index is 0.0624. The quantitative estimate of drug-likeness (QED) is 0.631. The lowest BCUT2D eigenvalue weighted by Crippen LogP contribution is -1.98. The van der Waals surface area contributed by atoms with Crippen LogP contribution < -0.4 is 0 Å². The standard InChI is InChI=1S/C10H7N3O/c1-7(14)9-5-12-10-3-2-8(4-11)6-13(9)10/h2-3,5-6H,1H3. The van der Waals surface area contributed by atoms with Crippen LogP contribution in [0.1, 0.15) is 23.0 Å². The van der Waals surface area contributed by atoms with Gasteiger partial charge in [0.05, 0.1) is 11.8 Å². The molecule has 0 fully saturated rings. The minimum atomic E-state index is -0.0624. The number of fused-ring (bicyclic) bond motifs is 1. The van der Waals surface area contributed by atoms with E-state index in [1.54, 1.807) is 22.7 Å². The molecular weight excluding hydrogens is 178 g/mol. The fourth-order valence-corrected chi connectivity index (χ4v) is 1.31. The van der Waals surface area contributed by atoms with Crippen molar-refractivity contribution in [3.05, 3.63) is 35.8 Å². The molecule has 4 nitrogen and oxygen atoms in total. The van der Waals surface area contributed by atoms with Crippen molar-refractivity contribution in [3.63, 3.8) is 0 Å². The van der Waals surface area contributed by atoms with Crippen molar-refractivity contribution in [3.8, 4) is 6.07 Å². The van der Waals surface area contributed by atoms with E-state index in [4.69, 9.17) is 5.26 Å². The second-order valence-corrected chi connectivity index (χ2v) is 2.96. The van der Waals surface area contributed by atoms with Gasteiger partial charge in [0, 0.05) is 13.1 Å². The number of Topliss-reactive ketones (excluding diaryl/α,β-unsaturated/α-hetero) is 1. The van der Waals surface area contributed by atoms with Crippen molar-refractivity contribution in [2.75, 3.05) is 0 Å². The number of nitrogens with zero attached hydrogens (tertiary/aromatic N) is 3. The number of carbonyl (C=O) groups is 1. The minimum Gasteiger partial charge on any atom is -0.296 e. The molecule has 0 bridgehead atoms. The van der Waals surface area contributed by atoms with Gasteiger partial charge < -0.3 is 0 Å².